The van der Waals surface area contributed by atoms with E-state index in [1.807, 2.05) is 45.0 Å². The standard InChI is InChI=1S/C18H28BNO3/c1-4-22-17(21)12-6-5-9-13-23-16-11-8-7-10-15(16)14-20-18(2,3)19/h7-8,10-11,20H,4-6,9,12-14H2,1-3H3. The number of unbranched alkanes of at least 4 members (excludes halogenated alkanes) is 2. The summed E-state index contributed by atoms with van der Waals surface area (Å²) in [6, 6.07) is 7.97. The van der Waals surface area contributed by atoms with E-state index in [2.05, 4.69) is 5.32 Å². The van der Waals surface area contributed by atoms with Crippen molar-refractivity contribution in [2.75, 3.05) is 13.2 Å². The van der Waals surface area contributed by atoms with Gasteiger partial charge in [0.05, 0.1) is 21.1 Å². The number of carbonyl (C=O) groups excluding carboxylic acids is 1. The van der Waals surface area contributed by atoms with Crippen LogP contribution in [0.2, 0.25) is 0 Å². The fraction of sp³-hybridized carbons (Fsp3) is 0.611. The van der Waals surface area contributed by atoms with Gasteiger partial charge in [-0.15, -0.1) is 0 Å². The van der Waals surface area contributed by atoms with Gasteiger partial charge in [-0.1, -0.05) is 32.0 Å². The highest BCUT2D eigenvalue weighted by molar-refractivity contribution is 6.14. The van der Waals surface area contributed by atoms with E-state index in [0.717, 1.165) is 30.6 Å². The third-order valence-electron chi connectivity index (χ3n) is 3.30. The van der Waals surface area contributed by atoms with Crippen molar-refractivity contribution in [2.45, 2.75) is 58.4 Å². The van der Waals surface area contributed by atoms with Gasteiger partial charge in [0.1, 0.15) is 5.75 Å². The van der Waals surface area contributed by atoms with Gasteiger partial charge in [-0.2, -0.15) is 0 Å². The number of ether oxygens (including phenoxy) is 2. The van der Waals surface area contributed by atoms with E-state index in [-0.39, 0.29) is 5.97 Å². The van der Waals surface area contributed by atoms with E-state index in [4.69, 9.17) is 17.3 Å². The van der Waals surface area contributed by atoms with E-state index < -0.39 is 5.44 Å². The maximum atomic E-state index is 11.2. The van der Waals surface area contributed by atoms with Crippen LogP contribution in [-0.4, -0.2) is 32.5 Å². The molecule has 0 unspecified atom stereocenters. The number of hydrogen-bond acceptors (Lipinski definition) is 4. The molecule has 0 saturated heterocycles. The van der Waals surface area contributed by atoms with Gasteiger partial charge in [-0.3, -0.25) is 4.79 Å². The molecular weight excluding hydrogens is 289 g/mol. The predicted molar refractivity (Wildman–Crippen MR) is 93.7 cm³/mol. The van der Waals surface area contributed by atoms with Crippen LogP contribution in [-0.2, 0) is 16.1 Å². The van der Waals surface area contributed by atoms with E-state index in [0.29, 0.717) is 26.2 Å². The third kappa shape index (κ3) is 9.29. The molecule has 4 nitrogen and oxygen atoms in total. The Morgan fingerprint density at radius 3 is 2.65 bits per heavy atom. The summed E-state index contributed by atoms with van der Waals surface area (Å²) >= 11 is 0. The molecule has 1 N–H and O–H groups in total. The molecule has 126 valence electrons. The van der Waals surface area contributed by atoms with Crippen LogP contribution in [0.25, 0.3) is 0 Å². The van der Waals surface area contributed by atoms with Gasteiger partial charge in [-0.25, -0.2) is 0 Å². The Kier molecular flexibility index (Phi) is 8.78. The fourth-order valence-corrected chi connectivity index (χ4v) is 2.08. The number of benzene rings is 1. The van der Waals surface area contributed by atoms with Crippen LogP contribution in [0, 0.1) is 0 Å². The summed E-state index contributed by atoms with van der Waals surface area (Å²) in [6.07, 6.45) is 3.20. The molecule has 0 fully saturated rings. The molecule has 0 aromatic heterocycles. The van der Waals surface area contributed by atoms with Gasteiger partial charge in [0.15, 0.2) is 0 Å². The average molecular weight is 317 g/mol. The van der Waals surface area contributed by atoms with Crippen LogP contribution in [0.4, 0.5) is 0 Å². The Morgan fingerprint density at radius 2 is 1.96 bits per heavy atom. The van der Waals surface area contributed by atoms with Crippen molar-refractivity contribution in [1.29, 1.82) is 0 Å². The molecule has 1 rings (SSSR count). The summed E-state index contributed by atoms with van der Waals surface area (Å²) in [5.74, 6) is 0.767. The summed E-state index contributed by atoms with van der Waals surface area (Å²) < 4.78 is 10.8. The second-order valence-electron chi connectivity index (χ2n) is 6.15. The maximum Gasteiger partial charge on any atom is 0.305 e. The van der Waals surface area contributed by atoms with Crippen molar-refractivity contribution in [3.63, 3.8) is 0 Å². The van der Waals surface area contributed by atoms with E-state index in [1.54, 1.807) is 0 Å². The lowest BCUT2D eigenvalue weighted by Gasteiger charge is -2.22. The predicted octanol–water partition coefficient (Wildman–Crippen LogP) is 3.18. The first-order valence-electron chi connectivity index (χ1n) is 8.32. The Hall–Kier alpha value is -1.49. The number of esters is 1. The highest BCUT2D eigenvalue weighted by Gasteiger charge is 2.10. The van der Waals surface area contributed by atoms with Crippen molar-refractivity contribution in [1.82, 2.24) is 5.32 Å². The average Bonchev–Trinajstić information content (AvgIpc) is 2.49. The number of rotatable bonds is 11. The minimum Gasteiger partial charge on any atom is -0.493 e. The molecule has 0 aliphatic rings. The van der Waals surface area contributed by atoms with E-state index in [1.165, 1.54) is 0 Å². The lowest BCUT2D eigenvalue weighted by molar-refractivity contribution is -0.143. The van der Waals surface area contributed by atoms with Crippen molar-refractivity contribution < 1.29 is 14.3 Å². The molecule has 2 radical (unpaired) electrons. The molecule has 5 heteroatoms. The second-order valence-corrected chi connectivity index (χ2v) is 6.15. The zero-order valence-corrected chi connectivity index (χ0v) is 14.6. The highest BCUT2D eigenvalue weighted by Crippen LogP contribution is 2.19. The molecular formula is C18H28BNO3. The summed E-state index contributed by atoms with van der Waals surface area (Å²) in [5.41, 5.74) is 0.678. The molecule has 0 spiro atoms. The van der Waals surface area contributed by atoms with Gasteiger partial charge in [-0.05, 0) is 37.7 Å². The van der Waals surface area contributed by atoms with Crippen molar-refractivity contribution in [3.05, 3.63) is 29.8 Å². The van der Waals surface area contributed by atoms with E-state index >= 15 is 0 Å². The summed E-state index contributed by atoms with van der Waals surface area (Å²) in [4.78, 5) is 11.2. The Morgan fingerprint density at radius 1 is 1.22 bits per heavy atom. The van der Waals surface area contributed by atoms with Crippen LogP contribution in [0.3, 0.4) is 0 Å². The van der Waals surface area contributed by atoms with Crippen LogP contribution in [0.15, 0.2) is 24.3 Å². The largest absolute Gasteiger partial charge is 0.493 e. The topological polar surface area (TPSA) is 47.6 Å². The van der Waals surface area contributed by atoms with Gasteiger partial charge >= 0.3 is 5.97 Å². The van der Waals surface area contributed by atoms with Crippen LogP contribution >= 0.6 is 0 Å². The molecule has 0 aliphatic carbocycles. The number of hydrogen-bond donors (Lipinski definition) is 1. The molecule has 0 heterocycles. The van der Waals surface area contributed by atoms with Gasteiger partial charge in [0.25, 0.3) is 0 Å². The molecule has 1 aromatic carbocycles. The highest BCUT2D eigenvalue weighted by atomic mass is 16.5. The maximum absolute atomic E-state index is 11.2. The number of para-hydroxylation sites is 1. The smallest absolute Gasteiger partial charge is 0.305 e. The van der Waals surface area contributed by atoms with Crippen molar-refractivity contribution in [2.24, 2.45) is 0 Å². The fourth-order valence-electron chi connectivity index (χ4n) is 2.08. The Balaban J connectivity index is 2.28. The summed E-state index contributed by atoms with van der Waals surface area (Å²) in [7, 11) is 5.94. The molecule has 0 bridgehead atoms. The normalized spacial score (nSPS) is 11.3. The monoisotopic (exact) mass is 317 g/mol. The first-order chi connectivity index (χ1) is 10.9. The lowest BCUT2D eigenvalue weighted by atomic mass is 9.82. The van der Waals surface area contributed by atoms with Crippen molar-refractivity contribution >= 4 is 13.8 Å². The molecule has 0 aliphatic heterocycles. The van der Waals surface area contributed by atoms with Crippen LogP contribution < -0.4 is 10.1 Å². The first kappa shape index (κ1) is 19.6. The zero-order chi connectivity index (χ0) is 17.1. The quantitative estimate of drug-likeness (QED) is 0.387. The molecule has 0 saturated carbocycles. The minimum atomic E-state index is -0.416. The number of carbonyl (C=O) groups is 1. The molecule has 1 aromatic rings. The minimum absolute atomic E-state index is 0.116. The Bertz CT molecular complexity index is 472. The van der Waals surface area contributed by atoms with Gasteiger partial charge < -0.3 is 14.8 Å². The summed E-state index contributed by atoms with van der Waals surface area (Å²) in [6.45, 7) is 7.45. The first-order valence-corrected chi connectivity index (χ1v) is 8.32. The Labute approximate surface area is 141 Å². The van der Waals surface area contributed by atoms with Crippen molar-refractivity contribution in [3.8, 4) is 5.75 Å². The second kappa shape index (κ2) is 10.3. The lowest BCUT2D eigenvalue weighted by Crippen LogP contribution is -2.38. The van der Waals surface area contributed by atoms with Crippen LogP contribution in [0.1, 0.15) is 52.0 Å². The van der Waals surface area contributed by atoms with Crippen LogP contribution in [0.5, 0.6) is 5.75 Å². The van der Waals surface area contributed by atoms with E-state index in [9.17, 15) is 4.79 Å². The third-order valence-corrected chi connectivity index (χ3v) is 3.30. The number of nitrogens with one attached hydrogen (secondary N) is 1. The molecule has 0 amide bonds. The van der Waals surface area contributed by atoms with Gasteiger partial charge in [0.2, 0.25) is 0 Å². The SMILES string of the molecule is [B]C(C)(C)NCc1ccccc1OCCCCCC(=O)OCC. The zero-order valence-electron chi connectivity index (χ0n) is 14.6. The van der Waals surface area contributed by atoms with Gasteiger partial charge in [0, 0.05) is 18.5 Å². The molecule has 0 atom stereocenters. The molecule has 23 heavy (non-hydrogen) atoms. The summed E-state index contributed by atoms with van der Waals surface area (Å²) in [5, 5.41) is 3.26.